The molecule has 30 heavy (non-hydrogen) atoms. The number of carbonyl (C=O) groups is 1. The predicted octanol–water partition coefficient (Wildman–Crippen LogP) is 2.64. The SMILES string of the molecule is CS(=O)(=O)c1ccc(S(=O)(=O)c2ccc(NC(=O)NCc3cccnc3)cc2)cc1. The zero-order chi connectivity index (χ0) is 21.8. The van der Waals surface area contributed by atoms with E-state index >= 15 is 0 Å². The molecule has 0 unspecified atom stereocenters. The summed E-state index contributed by atoms with van der Waals surface area (Å²) < 4.78 is 48.5. The first-order valence-electron chi connectivity index (χ1n) is 8.75. The van der Waals surface area contributed by atoms with E-state index in [4.69, 9.17) is 0 Å². The van der Waals surface area contributed by atoms with E-state index in [9.17, 15) is 21.6 Å². The van der Waals surface area contributed by atoms with Gasteiger partial charge >= 0.3 is 6.03 Å². The van der Waals surface area contributed by atoms with Crippen LogP contribution in [-0.4, -0.2) is 34.1 Å². The van der Waals surface area contributed by atoms with Crippen LogP contribution in [0.15, 0.2) is 87.7 Å². The summed E-state index contributed by atoms with van der Waals surface area (Å²) in [5.41, 5.74) is 1.26. The molecule has 0 saturated carbocycles. The second-order valence-electron chi connectivity index (χ2n) is 6.44. The summed E-state index contributed by atoms with van der Waals surface area (Å²) in [6.07, 6.45) is 4.33. The molecule has 0 aliphatic carbocycles. The number of sulfone groups is 2. The number of nitrogens with zero attached hydrogens (tertiary/aromatic N) is 1. The van der Waals surface area contributed by atoms with Gasteiger partial charge in [-0.1, -0.05) is 6.07 Å². The first kappa shape index (κ1) is 21.5. The molecule has 0 fully saturated rings. The molecule has 8 nitrogen and oxygen atoms in total. The molecule has 1 heterocycles. The Morgan fingerprint density at radius 3 is 1.97 bits per heavy atom. The van der Waals surface area contributed by atoms with Gasteiger partial charge < -0.3 is 10.6 Å². The van der Waals surface area contributed by atoms with Gasteiger partial charge in [-0.3, -0.25) is 4.98 Å². The Bertz CT molecular complexity index is 1240. The maximum absolute atomic E-state index is 12.7. The van der Waals surface area contributed by atoms with Crippen molar-refractivity contribution >= 4 is 31.4 Å². The summed E-state index contributed by atoms with van der Waals surface area (Å²) in [5.74, 6) is 0. The van der Waals surface area contributed by atoms with E-state index in [0.29, 0.717) is 12.2 Å². The van der Waals surface area contributed by atoms with Gasteiger partial charge in [0, 0.05) is 30.9 Å². The largest absolute Gasteiger partial charge is 0.334 e. The van der Waals surface area contributed by atoms with Gasteiger partial charge in [0.2, 0.25) is 9.84 Å². The fraction of sp³-hybridized carbons (Fsp3) is 0.100. The topological polar surface area (TPSA) is 122 Å². The number of benzene rings is 2. The van der Waals surface area contributed by atoms with Gasteiger partial charge in [-0.2, -0.15) is 0 Å². The van der Waals surface area contributed by atoms with E-state index in [1.165, 1.54) is 48.5 Å². The number of amides is 2. The van der Waals surface area contributed by atoms with Crippen molar-refractivity contribution in [3.63, 3.8) is 0 Å². The van der Waals surface area contributed by atoms with E-state index < -0.39 is 25.7 Å². The van der Waals surface area contributed by atoms with Crippen LogP contribution in [0.3, 0.4) is 0 Å². The minimum absolute atomic E-state index is 0.0233. The van der Waals surface area contributed by atoms with E-state index in [1.54, 1.807) is 18.5 Å². The molecule has 3 rings (SSSR count). The highest BCUT2D eigenvalue weighted by Crippen LogP contribution is 2.23. The Morgan fingerprint density at radius 2 is 1.43 bits per heavy atom. The molecule has 0 radical (unpaired) electrons. The van der Waals surface area contributed by atoms with Gasteiger partial charge in [0.25, 0.3) is 0 Å². The molecule has 3 aromatic rings. The highest BCUT2D eigenvalue weighted by atomic mass is 32.2. The number of urea groups is 1. The first-order chi connectivity index (χ1) is 14.2. The smallest absolute Gasteiger partial charge is 0.319 e. The zero-order valence-corrected chi connectivity index (χ0v) is 17.6. The maximum atomic E-state index is 12.7. The minimum atomic E-state index is -3.82. The number of hydrogen-bond donors (Lipinski definition) is 2. The fourth-order valence-corrected chi connectivity index (χ4v) is 4.47. The monoisotopic (exact) mass is 445 g/mol. The molecule has 0 atom stereocenters. The van der Waals surface area contributed by atoms with E-state index in [2.05, 4.69) is 15.6 Å². The molecule has 2 N–H and O–H groups in total. The van der Waals surface area contributed by atoms with Crippen LogP contribution in [-0.2, 0) is 26.2 Å². The molecule has 156 valence electrons. The van der Waals surface area contributed by atoms with Crippen LogP contribution < -0.4 is 10.6 Å². The number of pyridine rings is 1. The van der Waals surface area contributed by atoms with Crippen LogP contribution in [0, 0.1) is 0 Å². The van der Waals surface area contributed by atoms with Gasteiger partial charge in [0.05, 0.1) is 14.7 Å². The standard InChI is InChI=1S/C20H19N3O5S2/c1-29(25,26)17-8-10-19(11-9-17)30(27,28)18-6-4-16(5-7-18)23-20(24)22-14-15-3-2-12-21-13-15/h2-13H,14H2,1H3,(H2,22,23,24). The third-order valence-corrected chi connectivity index (χ3v) is 7.07. The summed E-state index contributed by atoms with van der Waals surface area (Å²) in [7, 11) is -7.24. The highest BCUT2D eigenvalue weighted by Gasteiger charge is 2.18. The third-order valence-electron chi connectivity index (χ3n) is 4.16. The molecule has 1 aromatic heterocycles. The molecule has 0 aliphatic heterocycles. The molecule has 2 amide bonds. The van der Waals surface area contributed by atoms with Crippen LogP contribution in [0.25, 0.3) is 0 Å². The van der Waals surface area contributed by atoms with Gasteiger partial charge in [-0.25, -0.2) is 21.6 Å². The Labute approximate surface area is 174 Å². The van der Waals surface area contributed by atoms with Gasteiger partial charge in [-0.15, -0.1) is 0 Å². The van der Waals surface area contributed by atoms with Crippen molar-refractivity contribution in [3.05, 3.63) is 78.6 Å². The summed E-state index contributed by atoms with van der Waals surface area (Å²) in [4.78, 5) is 16.0. The van der Waals surface area contributed by atoms with Gasteiger partial charge in [0.15, 0.2) is 9.84 Å². The molecule has 0 saturated heterocycles. The third kappa shape index (κ3) is 5.22. The molecule has 0 aliphatic rings. The summed E-state index contributed by atoms with van der Waals surface area (Å²) in [6.45, 7) is 0.301. The number of carbonyl (C=O) groups excluding carboxylic acids is 1. The van der Waals surface area contributed by atoms with Crippen LogP contribution in [0.5, 0.6) is 0 Å². The number of nitrogens with one attached hydrogen (secondary N) is 2. The lowest BCUT2D eigenvalue weighted by molar-refractivity contribution is 0.251. The normalized spacial score (nSPS) is 11.6. The molecule has 10 heteroatoms. The Kier molecular flexibility index (Phi) is 6.18. The first-order valence-corrected chi connectivity index (χ1v) is 12.1. The maximum Gasteiger partial charge on any atom is 0.319 e. The van der Waals surface area contributed by atoms with Crippen molar-refractivity contribution in [1.29, 1.82) is 0 Å². The quantitative estimate of drug-likeness (QED) is 0.601. The Hall–Kier alpha value is -3.24. The van der Waals surface area contributed by atoms with Crippen LogP contribution in [0.2, 0.25) is 0 Å². The van der Waals surface area contributed by atoms with E-state index in [1.807, 2.05) is 6.07 Å². The molecule has 0 spiro atoms. The molecular formula is C20H19N3O5S2. The predicted molar refractivity (Wildman–Crippen MR) is 112 cm³/mol. The van der Waals surface area contributed by atoms with Crippen LogP contribution >= 0.6 is 0 Å². The Balaban J connectivity index is 1.67. The summed E-state index contributed by atoms with van der Waals surface area (Å²) >= 11 is 0. The molecule has 0 bridgehead atoms. The van der Waals surface area contributed by atoms with E-state index in [-0.39, 0.29) is 14.7 Å². The van der Waals surface area contributed by atoms with Gasteiger partial charge in [-0.05, 0) is 60.2 Å². The molecular weight excluding hydrogens is 426 g/mol. The minimum Gasteiger partial charge on any atom is -0.334 e. The second kappa shape index (κ2) is 8.64. The van der Waals surface area contributed by atoms with Crippen molar-refractivity contribution in [2.75, 3.05) is 11.6 Å². The summed E-state index contributed by atoms with van der Waals surface area (Å²) in [6, 6.07) is 13.9. The van der Waals surface area contributed by atoms with Crippen molar-refractivity contribution in [3.8, 4) is 0 Å². The lowest BCUT2D eigenvalue weighted by atomic mass is 10.3. The molecule has 2 aromatic carbocycles. The number of aromatic nitrogens is 1. The average Bonchev–Trinajstić information content (AvgIpc) is 2.73. The van der Waals surface area contributed by atoms with Crippen molar-refractivity contribution < 1.29 is 21.6 Å². The second-order valence-corrected chi connectivity index (χ2v) is 10.4. The number of rotatable bonds is 6. The van der Waals surface area contributed by atoms with Crippen molar-refractivity contribution in [2.24, 2.45) is 0 Å². The van der Waals surface area contributed by atoms with Crippen LogP contribution in [0.4, 0.5) is 10.5 Å². The van der Waals surface area contributed by atoms with Crippen molar-refractivity contribution in [2.45, 2.75) is 21.2 Å². The zero-order valence-electron chi connectivity index (χ0n) is 15.9. The van der Waals surface area contributed by atoms with Crippen molar-refractivity contribution in [1.82, 2.24) is 10.3 Å². The lowest BCUT2D eigenvalue weighted by Gasteiger charge is -2.09. The van der Waals surface area contributed by atoms with E-state index in [0.717, 1.165) is 11.8 Å². The fourth-order valence-electron chi connectivity index (χ4n) is 2.58. The van der Waals surface area contributed by atoms with Gasteiger partial charge in [0.1, 0.15) is 0 Å². The summed E-state index contributed by atoms with van der Waals surface area (Å²) in [5, 5.41) is 5.30. The van der Waals surface area contributed by atoms with Crippen LogP contribution in [0.1, 0.15) is 5.56 Å². The lowest BCUT2D eigenvalue weighted by Crippen LogP contribution is -2.28. The average molecular weight is 446 g/mol. The Morgan fingerprint density at radius 1 is 0.867 bits per heavy atom. The number of anilines is 1. The number of hydrogen-bond acceptors (Lipinski definition) is 6. The highest BCUT2D eigenvalue weighted by molar-refractivity contribution is 7.91.